The van der Waals surface area contributed by atoms with Gasteiger partial charge in [-0.3, -0.25) is 19.3 Å². The quantitative estimate of drug-likeness (QED) is 0.315. The highest BCUT2D eigenvalue weighted by Gasteiger charge is 2.34. The van der Waals surface area contributed by atoms with Crippen molar-refractivity contribution in [1.82, 2.24) is 5.32 Å². The van der Waals surface area contributed by atoms with Gasteiger partial charge in [-0.25, -0.2) is 0 Å². The number of rotatable bonds is 8. The van der Waals surface area contributed by atoms with Crippen LogP contribution in [-0.2, 0) is 9.59 Å². The Hall–Kier alpha value is -3.88. The van der Waals surface area contributed by atoms with E-state index in [4.69, 9.17) is 22.1 Å². The summed E-state index contributed by atoms with van der Waals surface area (Å²) in [6, 6.07) is 19.1. The molecule has 1 heterocycles. The van der Waals surface area contributed by atoms with Crippen LogP contribution < -0.4 is 26.0 Å². The van der Waals surface area contributed by atoms with Crippen LogP contribution >= 0.6 is 11.6 Å². The molecule has 1 aliphatic carbocycles. The molecule has 5 rings (SSSR count). The minimum atomic E-state index is -0.561. The van der Waals surface area contributed by atoms with Gasteiger partial charge in [-0.1, -0.05) is 47.9 Å². The van der Waals surface area contributed by atoms with Crippen molar-refractivity contribution in [2.24, 2.45) is 17.6 Å². The second kappa shape index (κ2) is 13.4. The second-order valence-corrected chi connectivity index (χ2v) is 11.7. The molecule has 0 saturated heterocycles. The van der Waals surface area contributed by atoms with Crippen molar-refractivity contribution in [3.8, 4) is 5.75 Å². The van der Waals surface area contributed by atoms with Gasteiger partial charge < -0.3 is 21.1 Å². The first-order valence-electron chi connectivity index (χ1n) is 14.5. The van der Waals surface area contributed by atoms with Gasteiger partial charge in [0.1, 0.15) is 5.75 Å². The maximum absolute atomic E-state index is 13.8. The van der Waals surface area contributed by atoms with Crippen LogP contribution in [0.2, 0.25) is 5.02 Å². The van der Waals surface area contributed by atoms with Gasteiger partial charge in [0.2, 0.25) is 5.91 Å². The summed E-state index contributed by atoms with van der Waals surface area (Å²) in [5, 5.41) is 6.56. The van der Waals surface area contributed by atoms with Crippen molar-refractivity contribution in [2.75, 3.05) is 29.9 Å². The van der Waals surface area contributed by atoms with Crippen LogP contribution in [-0.4, -0.2) is 37.4 Å². The minimum absolute atomic E-state index is 0.0515. The number of amides is 3. The predicted octanol–water partition coefficient (Wildman–Crippen LogP) is 5.64. The number of nitrogens with one attached hydrogen (secondary N) is 2. The summed E-state index contributed by atoms with van der Waals surface area (Å²) in [7, 11) is 0. The Kier molecular flexibility index (Phi) is 9.45. The number of fused-ring (bicyclic) bond motifs is 1. The van der Waals surface area contributed by atoms with E-state index in [0.717, 1.165) is 36.8 Å². The Morgan fingerprint density at radius 3 is 2.52 bits per heavy atom. The fourth-order valence-electron chi connectivity index (χ4n) is 5.87. The third-order valence-corrected chi connectivity index (χ3v) is 8.42. The zero-order chi connectivity index (χ0) is 29.6. The van der Waals surface area contributed by atoms with Crippen molar-refractivity contribution >= 4 is 40.7 Å². The van der Waals surface area contributed by atoms with Gasteiger partial charge in [0, 0.05) is 17.1 Å². The lowest BCUT2D eigenvalue weighted by Crippen LogP contribution is -2.38. The first-order chi connectivity index (χ1) is 20.3. The van der Waals surface area contributed by atoms with Crippen LogP contribution in [0.5, 0.6) is 5.75 Å². The van der Waals surface area contributed by atoms with E-state index in [2.05, 4.69) is 10.6 Å². The van der Waals surface area contributed by atoms with E-state index in [1.807, 2.05) is 31.2 Å². The molecule has 220 valence electrons. The number of carbonyl (C=O) groups excluding carboxylic acids is 3. The first kappa shape index (κ1) is 29.6. The zero-order valence-corrected chi connectivity index (χ0v) is 24.5. The molecular weight excluding hydrogens is 552 g/mol. The predicted molar refractivity (Wildman–Crippen MR) is 165 cm³/mol. The van der Waals surface area contributed by atoms with Crippen LogP contribution in [0.4, 0.5) is 11.4 Å². The molecule has 3 atom stereocenters. The monoisotopic (exact) mass is 588 g/mol. The number of hydrogen-bond acceptors (Lipinski definition) is 5. The van der Waals surface area contributed by atoms with Gasteiger partial charge >= 0.3 is 0 Å². The summed E-state index contributed by atoms with van der Waals surface area (Å²) in [5.41, 5.74) is 9.11. The largest absolute Gasteiger partial charge is 0.484 e. The molecule has 2 aliphatic rings. The summed E-state index contributed by atoms with van der Waals surface area (Å²) >= 11 is 5.99. The van der Waals surface area contributed by atoms with Gasteiger partial charge in [0.25, 0.3) is 11.8 Å². The highest BCUT2D eigenvalue weighted by atomic mass is 35.5. The van der Waals surface area contributed by atoms with E-state index in [-0.39, 0.29) is 30.7 Å². The molecule has 3 amide bonds. The first-order valence-corrected chi connectivity index (χ1v) is 14.9. The number of carbonyl (C=O) groups is 3. The van der Waals surface area contributed by atoms with Crippen LogP contribution in [0.15, 0.2) is 66.7 Å². The summed E-state index contributed by atoms with van der Waals surface area (Å²) in [6.07, 6.45) is 4.42. The van der Waals surface area contributed by atoms with E-state index in [0.29, 0.717) is 52.6 Å². The number of ether oxygens (including phenoxy) is 1. The molecule has 3 unspecified atom stereocenters. The highest BCUT2D eigenvalue weighted by Crippen LogP contribution is 2.39. The highest BCUT2D eigenvalue weighted by molar-refractivity contribution is 6.30. The number of anilines is 2. The van der Waals surface area contributed by atoms with Crippen LogP contribution in [0, 0.1) is 18.8 Å². The molecule has 9 heteroatoms. The second-order valence-electron chi connectivity index (χ2n) is 11.3. The molecule has 0 aromatic heterocycles. The maximum atomic E-state index is 13.8. The molecular formula is C33H37ClN4O4. The molecule has 42 heavy (non-hydrogen) atoms. The van der Waals surface area contributed by atoms with Crippen LogP contribution in [0.25, 0.3) is 0 Å². The fraction of sp³-hybridized carbons (Fsp3) is 0.364. The van der Waals surface area contributed by atoms with E-state index >= 15 is 0 Å². The molecule has 0 spiro atoms. The number of aryl methyl sites for hydroxylation is 1. The third kappa shape index (κ3) is 7.12. The van der Waals surface area contributed by atoms with Gasteiger partial charge in [-0.2, -0.15) is 0 Å². The molecule has 1 aliphatic heterocycles. The normalized spacial score (nSPS) is 20.2. The summed E-state index contributed by atoms with van der Waals surface area (Å²) < 4.78 is 5.80. The third-order valence-electron chi connectivity index (χ3n) is 8.17. The molecule has 8 nitrogen and oxygen atoms in total. The van der Waals surface area contributed by atoms with Crippen molar-refractivity contribution in [3.63, 3.8) is 0 Å². The molecule has 0 radical (unpaired) electrons. The topological polar surface area (TPSA) is 114 Å². The molecule has 4 N–H and O–H groups in total. The van der Waals surface area contributed by atoms with Gasteiger partial charge in [-0.15, -0.1) is 0 Å². The van der Waals surface area contributed by atoms with Crippen LogP contribution in [0.1, 0.15) is 59.6 Å². The van der Waals surface area contributed by atoms with Crippen molar-refractivity contribution in [3.05, 3.63) is 88.4 Å². The Morgan fingerprint density at radius 1 is 1.05 bits per heavy atom. The smallest absolute Gasteiger partial charge is 0.265 e. The van der Waals surface area contributed by atoms with Gasteiger partial charge in [0.15, 0.2) is 6.61 Å². The lowest BCUT2D eigenvalue weighted by atomic mass is 9.81. The lowest BCUT2D eigenvalue weighted by Gasteiger charge is -2.31. The maximum Gasteiger partial charge on any atom is 0.265 e. The summed E-state index contributed by atoms with van der Waals surface area (Å²) in [4.78, 5) is 41.7. The van der Waals surface area contributed by atoms with Gasteiger partial charge in [-0.05, 0) is 92.6 Å². The van der Waals surface area contributed by atoms with Crippen LogP contribution in [0.3, 0.4) is 0 Å². The average Bonchev–Trinajstić information content (AvgIpc) is 3.15. The molecule has 1 saturated carbocycles. The van der Waals surface area contributed by atoms with E-state index < -0.39 is 6.04 Å². The van der Waals surface area contributed by atoms with Gasteiger partial charge in [0.05, 0.1) is 23.8 Å². The average molecular weight is 589 g/mol. The summed E-state index contributed by atoms with van der Waals surface area (Å²) in [5.74, 6) is 0.634. The number of halogens is 1. The SMILES string of the molecule is Cc1ccc(C2CC(=O)Nc3cc(C(=O)NCC4CCCC(CN)C4)ccc3N2C(=O)COc2ccc(Cl)cc2)cc1. The molecule has 0 bridgehead atoms. The molecule has 3 aromatic rings. The fourth-order valence-corrected chi connectivity index (χ4v) is 6.00. The van der Waals surface area contributed by atoms with Crippen molar-refractivity contribution in [1.29, 1.82) is 0 Å². The number of nitrogens with two attached hydrogens (primary N) is 1. The van der Waals surface area contributed by atoms with E-state index in [1.54, 1.807) is 47.4 Å². The Labute approximate surface area is 251 Å². The van der Waals surface area contributed by atoms with E-state index in [9.17, 15) is 14.4 Å². The summed E-state index contributed by atoms with van der Waals surface area (Å²) in [6.45, 7) is 3.00. The van der Waals surface area contributed by atoms with Crippen molar-refractivity contribution < 1.29 is 19.1 Å². The zero-order valence-electron chi connectivity index (χ0n) is 23.8. The molecule has 3 aromatic carbocycles. The number of benzene rings is 3. The van der Waals surface area contributed by atoms with Crippen molar-refractivity contribution in [2.45, 2.75) is 45.1 Å². The Morgan fingerprint density at radius 2 is 1.79 bits per heavy atom. The van der Waals surface area contributed by atoms with E-state index in [1.165, 1.54) is 0 Å². The lowest BCUT2D eigenvalue weighted by molar-refractivity contribution is -0.121. The number of hydrogen-bond donors (Lipinski definition) is 3. The Bertz CT molecular complexity index is 1430. The minimum Gasteiger partial charge on any atom is -0.484 e. The Balaban J connectivity index is 1.40. The number of nitrogens with zero attached hydrogens (tertiary/aromatic N) is 1. The molecule has 1 fully saturated rings. The standard InChI is InChI=1S/C33H37ClN4O4/c1-21-5-7-24(8-6-21)30-17-31(39)37-28-16-25(33(41)36-19-23-4-2-3-22(15-23)18-35)9-14-29(28)38(30)32(40)20-42-27-12-10-26(34)11-13-27/h5-14,16,22-23,30H,2-4,15,17-20,35H2,1H3,(H,36,41)(H,37,39).